The van der Waals surface area contributed by atoms with E-state index in [1.54, 1.807) is 6.07 Å². The van der Waals surface area contributed by atoms with Crippen molar-refractivity contribution < 1.29 is 21.6 Å². The van der Waals surface area contributed by atoms with Crippen molar-refractivity contribution in [3.8, 4) is 6.07 Å². The van der Waals surface area contributed by atoms with Crippen LogP contribution in [-0.2, 0) is 35.8 Å². The molecule has 0 unspecified atom stereocenters. The molecule has 0 aliphatic carbocycles. The second-order valence-electron chi connectivity index (χ2n) is 14.7. The van der Waals surface area contributed by atoms with Crippen LogP contribution in [0.2, 0.25) is 0 Å². The summed E-state index contributed by atoms with van der Waals surface area (Å²) < 4.78 is 65.6. The molecule has 3 aromatic heterocycles. The number of anilines is 1. The first kappa shape index (κ1) is 35.2. The summed E-state index contributed by atoms with van der Waals surface area (Å²) in [6.45, 7) is 11.4. The minimum atomic E-state index is -4.26. The monoisotopic (exact) mass is 727 g/mol. The third kappa shape index (κ3) is 7.11. The van der Waals surface area contributed by atoms with Gasteiger partial charge < -0.3 is 14.4 Å². The number of hydrogen-bond acceptors (Lipinski definition) is 9. The molecule has 50 heavy (non-hydrogen) atoms. The zero-order valence-corrected chi connectivity index (χ0v) is 30.5. The summed E-state index contributed by atoms with van der Waals surface area (Å²) in [4.78, 5) is 17.3. The molecule has 3 fully saturated rings. The molecular weight excluding hydrogens is 684 g/mol. The van der Waals surface area contributed by atoms with Crippen molar-refractivity contribution in [2.24, 2.45) is 5.41 Å². The number of thiophene rings is 1. The van der Waals surface area contributed by atoms with Gasteiger partial charge in [-0.05, 0) is 81.6 Å². The molecule has 6 heterocycles. The summed E-state index contributed by atoms with van der Waals surface area (Å²) in [5.74, 6) is 1.42. The van der Waals surface area contributed by atoms with Gasteiger partial charge in [-0.3, -0.25) is 4.90 Å². The van der Waals surface area contributed by atoms with Crippen LogP contribution < -0.4 is 4.90 Å². The fraction of sp³-hybridized carbons (Fsp3) is 0.583. The second kappa shape index (κ2) is 13.4. The molecule has 268 valence electrons. The van der Waals surface area contributed by atoms with Gasteiger partial charge >= 0.3 is 6.18 Å². The average molecular weight is 728 g/mol. The minimum absolute atomic E-state index is 0.109. The smallest absolute Gasteiger partial charge is 0.355 e. The molecule has 4 aromatic rings. The maximum Gasteiger partial charge on any atom is 0.393 e. The average Bonchev–Trinajstić information content (AvgIpc) is 3.63. The van der Waals surface area contributed by atoms with Gasteiger partial charge in [0.1, 0.15) is 38.1 Å². The number of aryl methyl sites for hydroxylation is 2. The van der Waals surface area contributed by atoms with Crippen LogP contribution in [0.5, 0.6) is 0 Å². The van der Waals surface area contributed by atoms with Gasteiger partial charge in [-0.15, -0.1) is 11.3 Å². The Morgan fingerprint density at radius 2 is 1.80 bits per heavy atom. The van der Waals surface area contributed by atoms with Gasteiger partial charge in [0.2, 0.25) is 0 Å². The molecule has 0 saturated carbocycles. The fourth-order valence-electron chi connectivity index (χ4n) is 8.37. The molecule has 7 rings (SSSR count). The number of piperidine rings is 2. The van der Waals surface area contributed by atoms with Gasteiger partial charge in [0.15, 0.2) is 0 Å². The Morgan fingerprint density at radius 3 is 2.48 bits per heavy atom. The summed E-state index contributed by atoms with van der Waals surface area (Å²) in [5, 5.41) is 11.6. The Balaban J connectivity index is 1.02. The number of sulfone groups is 1. The molecule has 0 bridgehead atoms. The second-order valence-corrected chi connectivity index (χ2v) is 18.1. The number of benzene rings is 1. The summed E-state index contributed by atoms with van der Waals surface area (Å²) in [7, 11) is -3.01. The first-order valence-electron chi connectivity index (χ1n) is 17.5. The van der Waals surface area contributed by atoms with Crippen molar-refractivity contribution in [2.75, 3.05) is 57.0 Å². The van der Waals surface area contributed by atoms with Crippen LogP contribution in [0.3, 0.4) is 0 Å². The number of nitriles is 1. The molecule has 0 N–H and O–H groups in total. The third-order valence-corrected chi connectivity index (χ3v) is 13.7. The maximum atomic E-state index is 13.2. The van der Waals surface area contributed by atoms with E-state index in [1.807, 2.05) is 13.0 Å². The highest BCUT2D eigenvalue weighted by Crippen LogP contribution is 2.44. The summed E-state index contributed by atoms with van der Waals surface area (Å²) >= 11 is 1.12. The molecule has 0 radical (unpaired) electrons. The van der Waals surface area contributed by atoms with Crippen LogP contribution in [0.25, 0.3) is 21.1 Å². The Morgan fingerprint density at radius 1 is 1.04 bits per heavy atom. The molecule has 1 aromatic carbocycles. The van der Waals surface area contributed by atoms with E-state index < -0.39 is 22.4 Å². The molecule has 1 spiro atoms. The Kier molecular flexibility index (Phi) is 9.41. The lowest BCUT2D eigenvalue weighted by Crippen LogP contribution is -2.63. The lowest BCUT2D eigenvalue weighted by Gasteiger charge is -2.55. The molecular formula is C36H44F3N7O2S2. The number of halogens is 3. The van der Waals surface area contributed by atoms with Crippen LogP contribution in [-0.4, -0.2) is 96.2 Å². The van der Waals surface area contributed by atoms with Gasteiger partial charge in [-0.2, -0.15) is 18.4 Å². The Hall–Kier alpha value is -3.25. The molecule has 3 aliphatic rings. The zero-order valence-electron chi connectivity index (χ0n) is 28.9. The quantitative estimate of drug-likeness (QED) is 0.204. The van der Waals surface area contributed by atoms with E-state index in [4.69, 9.17) is 4.98 Å². The van der Waals surface area contributed by atoms with E-state index in [9.17, 15) is 26.9 Å². The lowest BCUT2D eigenvalue weighted by atomic mass is 9.73. The Labute approximate surface area is 295 Å². The van der Waals surface area contributed by atoms with Gasteiger partial charge in [-0.25, -0.2) is 18.4 Å². The highest BCUT2D eigenvalue weighted by molar-refractivity contribution is 7.91. The number of likely N-dealkylation sites (tertiary alicyclic amines) is 2. The largest absolute Gasteiger partial charge is 0.393 e. The van der Waals surface area contributed by atoms with Crippen LogP contribution in [0.1, 0.15) is 60.1 Å². The van der Waals surface area contributed by atoms with E-state index in [-0.39, 0.29) is 15.5 Å². The van der Waals surface area contributed by atoms with Crippen molar-refractivity contribution in [3.63, 3.8) is 0 Å². The van der Waals surface area contributed by atoms with Gasteiger partial charge in [0, 0.05) is 73.1 Å². The number of rotatable bonds is 9. The predicted molar refractivity (Wildman–Crippen MR) is 191 cm³/mol. The van der Waals surface area contributed by atoms with Gasteiger partial charge in [0.25, 0.3) is 0 Å². The number of alkyl halides is 3. The first-order chi connectivity index (χ1) is 23.7. The van der Waals surface area contributed by atoms with Crippen molar-refractivity contribution in [1.29, 1.82) is 5.26 Å². The molecule has 3 saturated heterocycles. The highest BCUT2D eigenvalue weighted by Gasteiger charge is 2.46. The van der Waals surface area contributed by atoms with E-state index in [2.05, 4.69) is 49.4 Å². The summed E-state index contributed by atoms with van der Waals surface area (Å²) in [6, 6.07) is 10.4. The van der Waals surface area contributed by atoms with Crippen molar-refractivity contribution in [2.45, 2.75) is 76.9 Å². The van der Waals surface area contributed by atoms with E-state index >= 15 is 0 Å². The third-order valence-electron chi connectivity index (χ3n) is 11.0. The topological polar surface area (TPSA) is 98.4 Å². The van der Waals surface area contributed by atoms with Crippen LogP contribution in [0.4, 0.5) is 19.0 Å². The number of nitrogens with zero attached hydrogens (tertiary/aromatic N) is 7. The molecule has 3 aliphatic heterocycles. The molecule has 14 heteroatoms. The van der Waals surface area contributed by atoms with Crippen LogP contribution in [0.15, 0.2) is 24.3 Å². The predicted octanol–water partition coefficient (Wildman–Crippen LogP) is 6.10. The maximum absolute atomic E-state index is 13.2. The number of aromatic nitrogens is 3. The zero-order chi connectivity index (χ0) is 35.4. The molecule has 9 nitrogen and oxygen atoms in total. The fourth-order valence-corrected chi connectivity index (χ4v) is 10.5. The van der Waals surface area contributed by atoms with E-state index in [0.29, 0.717) is 42.2 Å². The summed E-state index contributed by atoms with van der Waals surface area (Å²) in [5.41, 5.74) is 4.23. The minimum Gasteiger partial charge on any atom is -0.355 e. The first-order valence-corrected chi connectivity index (χ1v) is 20.3. The van der Waals surface area contributed by atoms with Crippen LogP contribution >= 0.6 is 11.3 Å². The SMILES string of the molecule is CCc1nc(N2CC3(CCCN(Cc4ccc5c(cc(C#N)n5CCN5CCC(S(C)(=O)=O)CC5)c4C)C3)C2)c2cc(CC(F)(F)F)sc2n1. The number of fused-ring (bicyclic) bond motifs is 2. The van der Waals surface area contributed by atoms with Gasteiger partial charge in [0.05, 0.1) is 17.1 Å². The molecule has 0 amide bonds. The lowest BCUT2D eigenvalue weighted by molar-refractivity contribution is -0.126. The highest BCUT2D eigenvalue weighted by atomic mass is 32.2. The standard InChI is InChI=1S/C36H44F3N7O2S2/c1-4-32-41-33(30-17-27(18-36(37,38)39)49-34(30)42-32)45-22-35(23-45)10-5-11-44(21-35)20-25-6-7-31-29(24(25)2)16-26(19-40)46(31)15-14-43-12-8-28(9-13-43)50(3,47)48/h6-7,16-17,28H,4-5,8-15,18,20-23H2,1-3H3. The van der Waals surface area contributed by atoms with E-state index in [1.165, 1.54) is 17.4 Å². The van der Waals surface area contributed by atoms with Crippen molar-refractivity contribution in [3.05, 3.63) is 51.8 Å². The van der Waals surface area contributed by atoms with Crippen LogP contribution in [0, 0.1) is 23.7 Å². The molecule has 0 atom stereocenters. The van der Waals surface area contributed by atoms with Gasteiger partial charge in [-0.1, -0.05) is 13.0 Å². The normalized spacial score (nSPS) is 19.4. The van der Waals surface area contributed by atoms with E-state index in [0.717, 1.165) is 98.6 Å². The summed E-state index contributed by atoms with van der Waals surface area (Å²) in [6.07, 6.45) is 0.233. The Bertz CT molecular complexity index is 2050. The van der Waals surface area contributed by atoms with Crippen molar-refractivity contribution >= 4 is 48.1 Å². The number of hydrogen-bond donors (Lipinski definition) is 0. The van der Waals surface area contributed by atoms with Crippen molar-refractivity contribution in [1.82, 2.24) is 24.3 Å².